The van der Waals surface area contributed by atoms with Gasteiger partial charge in [0.1, 0.15) is 0 Å². The zero-order valence-corrected chi connectivity index (χ0v) is 10.6. The second-order valence-corrected chi connectivity index (χ2v) is 4.38. The molecule has 1 heterocycles. The van der Waals surface area contributed by atoms with Gasteiger partial charge in [0.25, 0.3) is 5.84 Å². The van der Waals surface area contributed by atoms with Crippen molar-refractivity contribution in [3.63, 3.8) is 0 Å². The molecule has 0 unspecified atom stereocenters. The predicted molar refractivity (Wildman–Crippen MR) is 73.8 cm³/mol. The van der Waals surface area contributed by atoms with Gasteiger partial charge in [-0.15, -0.1) is 0 Å². The second kappa shape index (κ2) is 4.49. The average molecular weight is 241 g/mol. The SMILES string of the molecule is Cc1cccnc1-c1cc(C)c(N)c(C(N)=[NH2+])c1. The van der Waals surface area contributed by atoms with Gasteiger partial charge in [0.15, 0.2) is 0 Å². The van der Waals surface area contributed by atoms with E-state index in [2.05, 4.69) is 4.98 Å². The van der Waals surface area contributed by atoms with Crippen LogP contribution >= 0.6 is 0 Å². The van der Waals surface area contributed by atoms with Crippen LogP contribution in [0.15, 0.2) is 30.5 Å². The smallest absolute Gasteiger partial charge is 0.272 e. The Hall–Kier alpha value is -2.36. The van der Waals surface area contributed by atoms with Crippen molar-refractivity contribution in [2.45, 2.75) is 13.8 Å². The number of benzene rings is 1. The van der Waals surface area contributed by atoms with Crippen molar-refractivity contribution in [1.29, 1.82) is 0 Å². The van der Waals surface area contributed by atoms with E-state index in [0.29, 0.717) is 11.3 Å². The maximum Gasteiger partial charge on any atom is 0.272 e. The minimum absolute atomic E-state index is 0.228. The summed E-state index contributed by atoms with van der Waals surface area (Å²) in [7, 11) is 0. The third-order valence-electron chi connectivity index (χ3n) is 2.98. The van der Waals surface area contributed by atoms with Crippen molar-refractivity contribution in [1.82, 2.24) is 4.98 Å². The fourth-order valence-corrected chi connectivity index (χ4v) is 1.96. The lowest BCUT2D eigenvalue weighted by molar-refractivity contribution is -0.114. The van der Waals surface area contributed by atoms with Crippen molar-refractivity contribution >= 4 is 11.5 Å². The molecule has 0 aliphatic carbocycles. The number of aryl methyl sites for hydroxylation is 2. The Balaban J connectivity index is 2.67. The molecule has 0 aliphatic rings. The van der Waals surface area contributed by atoms with Gasteiger partial charge in [-0.05, 0) is 43.2 Å². The standard InChI is InChI=1S/C14H16N4/c1-8-4-3-5-18-13(8)10-6-9(2)12(15)11(7-10)14(16)17/h3-7H,15H2,1-2H3,(H3,16,17)/p+1. The number of rotatable bonds is 2. The third-order valence-corrected chi connectivity index (χ3v) is 2.98. The molecule has 1 aromatic heterocycles. The van der Waals surface area contributed by atoms with Gasteiger partial charge in [-0.25, -0.2) is 0 Å². The Labute approximate surface area is 106 Å². The molecule has 0 spiro atoms. The van der Waals surface area contributed by atoms with Crippen LogP contribution < -0.4 is 16.9 Å². The number of nitrogens with two attached hydrogens (primary N) is 3. The van der Waals surface area contributed by atoms with Crippen molar-refractivity contribution in [3.8, 4) is 11.3 Å². The monoisotopic (exact) mass is 241 g/mol. The van der Waals surface area contributed by atoms with Crippen LogP contribution in [0, 0.1) is 13.8 Å². The van der Waals surface area contributed by atoms with Crippen LogP contribution in [0.5, 0.6) is 0 Å². The zero-order chi connectivity index (χ0) is 13.3. The first-order valence-electron chi connectivity index (χ1n) is 5.71. The summed E-state index contributed by atoms with van der Waals surface area (Å²) in [6.45, 7) is 3.95. The largest absolute Gasteiger partial charge is 0.398 e. The summed E-state index contributed by atoms with van der Waals surface area (Å²) in [5.74, 6) is 0.228. The highest BCUT2D eigenvalue weighted by Crippen LogP contribution is 2.27. The Morgan fingerprint density at radius 2 is 1.94 bits per heavy atom. The highest BCUT2D eigenvalue weighted by atomic mass is 14.7. The Morgan fingerprint density at radius 1 is 1.22 bits per heavy atom. The minimum Gasteiger partial charge on any atom is -0.398 e. The lowest BCUT2D eigenvalue weighted by Crippen LogP contribution is -2.46. The molecule has 0 amide bonds. The number of aromatic nitrogens is 1. The van der Waals surface area contributed by atoms with Crippen LogP contribution in [0.3, 0.4) is 0 Å². The maximum atomic E-state index is 5.97. The fraction of sp³-hybridized carbons (Fsp3) is 0.143. The van der Waals surface area contributed by atoms with Crippen LogP contribution in [0.4, 0.5) is 5.69 Å². The molecular weight excluding hydrogens is 224 g/mol. The number of hydrogen-bond acceptors (Lipinski definition) is 2. The molecule has 0 atom stereocenters. The number of amidine groups is 1. The number of anilines is 1. The Morgan fingerprint density at radius 3 is 2.56 bits per heavy atom. The molecule has 0 fully saturated rings. The van der Waals surface area contributed by atoms with E-state index < -0.39 is 0 Å². The summed E-state index contributed by atoms with van der Waals surface area (Å²) >= 11 is 0. The quantitative estimate of drug-likeness (QED) is 0.404. The molecule has 1 aromatic carbocycles. The first-order chi connectivity index (χ1) is 8.50. The lowest BCUT2D eigenvalue weighted by Gasteiger charge is -2.10. The topological polar surface area (TPSA) is 90.5 Å². The zero-order valence-electron chi connectivity index (χ0n) is 10.6. The van der Waals surface area contributed by atoms with E-state index in [1.54, 1.807) is 6.20 Å². The van der Waals surface area contributed by atoms with Gasteiger partial charge in [-0.2, -0.15) is 0 Å². The van der Waals surface area contributed by atoms with Crippen molar-refractivity contribution in [2.24, 2.45) is 5.73 Å². The molecule has 4 nitrogen and oxygen atoms in total. The molecule has 6 N–H and O–H groups in total. The van der Waals surface area contributed by atoms with E-state index >= 15 is 0 Å². The fourth-order valence-electron chi connectivity index (χ4n) is 1.96. The van der Waals surface area contributed by atoms with Crippen molar-refractivity contribution in [2.75, 3.05) is 5.73 Å². The lowest BCUT2D eigenvalue weighted by atomic mass is 9.99. The molecule has 0 saturated carbocycles. The van der Waals surface area contributed by atoms with Crippen LogP contribution in [0.2, 0.25) is 0 Å². The van der Waals surface area contributed by atoms with E-state index in [1.807, 2.05) is 38.1 Å². The van der Waals surface area contributed by atoms with Crippen LogP contribution in [-0.4, -0.2) is 10.8 Å². The summed E-state index contributed by atoms with van der Waals surface area (Å²) in [5.41, 5.74) is 16.9. The molecule has 0 aliphatic heterocycles. The molecule has 18 heavy (non-hydrogen) atoms. The normalized spacial score (nSPS) is 10.3. The molecule has 2 rings (SSSR count). The molecule has 0 radical (unpaired) electrons. The Kier molecular flexibility index (Phi) is 3.02. The highest BCUT2D eigenvalue weighted by molar-refractivity contribution is 5.99. The average Bonchev–Trinajstić information content (AvgIpc) is 2.33. The second-order valence-electron chi connectivity index (χ2n) is 4.38. The van der Waals surface area contributed by atoms with Gasteiger partial charge >= 0.3 is 0 Å². The van der Waals surface area contributed by atoms with Gasteiger partial charge < -0.3 is 5.73 Å². The number of nitrogen functional groups attached to an aromatic ring is 1. The number of nitrogens with zero attached hydrogens (tertiary/aromatic N) is 1. The summed E-state index contributed by atoms with van der Waals surface area (Å²) < 4.78 is 0. The summed E-state index contributed by atoms with van der Waals surface area (Å²) in [4.78, 5) is 4.39. The van der Waals surface area contributed by atoms with Gasteiger partial charge in [0, 0.05) is 11.8 Å². The van der Waals surface area contributed by atoms with Crippen LogP contribution in [0.1, 0.15) is 16.7 Å². The first kappa shape index (κ1) is 12.1. The van der Waals surface area contributed by atoms with E-state index in [0.717, 1.165) is 22.4 Å². The van der Waals surface area contributed by atoms with Crippen LogP contribution in [-0.2, 0) is 0 Å². The summed E-state index contributed by atoms with van der Waals surface area (Å²) in [6.07, 6.45) is 1.77. The van der Waals surface area contributed by atoms with Gasteiger partial charge in [-0.1, -0.05) is 6.07 Å². The van der Waals surface area contributed by atoms with Crippen molar-refractivity contribution in [3.05, 3.63) is 47.2 Å². The van der Waals surface area contributed by atoms with Gasteiger partial charge in [0.2, 0.25) is 0 Å². The molecule has 4 heteroatoms. The summed E-state index contributed by atoms with van der Waals surface area (Å²) in [5, 5.41) is 5.66. The molecule has 2 aromatic rings. The first-order valence-corrected chi connectivity index (χ1v) is 5.71. The minimum atomic E-state index is 0.228. The maximum absolute atomic E-state index is 5.97. The highest BCUT2D eigenvalue weighted by Gasteiger charge is 2.13. The van der Waals surface area contributed by atoms with Crippen LogP contribution in [0.25, 0.3) is 11.3 Å². The van der Waals surface area contributed by atoms with E-state index in [-0.39, 0.29) is 5.84 Å². The van der Waals surface area contributed by atoms with E-state index in [9.17, 15) is 0 Å². The molecular formula is C14H17N4+. The van der Waals surface area contributed by atoms with Gasteiger partial charge in [-0.3, -0.25) is 16.1 Å². The number of hydrogen-bond donors (Lipinski definition) is 3. The molecule has 0 bridgehead atoms. The van der Waals surface area contributed by atoms with E-state index in [1.165, 1.54) is 0 Å². The third kappa shape index (κ3) is 2.05. The predicted octanol–water partition coefficient (Wildman–Crippen LogP) is 0.412. The van der Waals surface area contributed by atoms with Gasteiger partial charge in [0.05, 0.1) is 16.9 Å². The summed E-state index contributed by atoms with van der Waals surface area (Å²) in [6, 6.07) is 7.81. The number of pyridine rings is 1. The van der Waals surface area contributed by atoms with E-state index in [4.69, 9.17) is 16.9 Å². The molecule has 0 saturated heterocycles. The Bertz CT molecular complexity index is 617. The molecule has 92 valence electrons. The van der Waals surface area contributed by atoms with Crippen molar-refractivity contribution < 1.29 is 5.41 Å².